The number of aliphatic hydroxyl groups is 1. The van der Waals surface area contributed by atoms with Crippen LogP contribution in [0.1, 0.15) is 60.2 Å². The van der Waals surface area contributed by atoms with Crippen LogP contribution in [0.15, 0.2) is 36.4 Å². The van der Waals surface area contributed by atoms with Crippen LogP contribution < -0.4 is 0 Å². The summed E-state index contributed by atoms with van der Waals surface area (Å²) in [6, 6.07) is 10.1. The van der Waals surface area contributed by atoms with E-state index in [1.807, 2.05) is 19.2 Å². The average molecular weight is 480 g/mol. The summed E-state index contributed by atoms with van der Waals surface area (Å²) in [6.45, 7) is 5.23. The van der Waals surface area contributed by atoms with Gasteiger partial charge in [-0.2, -0.15) is 13.2 Å². The number of ketones is 1. The molecule has 2 aromatic rings. The molecule has 1 spiro atoms. The SMILES string of the molecule is CN1CCn2c(C(=O)C(F)(F)F)ccc2C12CCN(C(=O)c1ccc(CC(C)(C)O)cc1)CC2.[HH]. The van der Waals surface area contributed by atoms with Crippen LogP contribution in [0, 0.1) is 0 Å². The number of Topliss-reactive ketones (excluding diaryl/α,β-unsaturated/α-hetero) is 1. The van der Waals surface area contributed by atoms with Crippen LogP contribution in [0.4, 0.5) is 13.2 Å². The second kappa shape index (κ2) is 8.53. The highest BCUT2D eigenvalue weighted by Gasteiger charge is 2.47. The number of piperidine rings is 1. The zero-order chi connectivity index (χ0) is 24.9. The minimum Gasteiger partial charge on any atom is -0.390 e. The third-order valence-corrected chi connectivity index (χ3v) is 7.05. The summed E-state index contributed by atoms with van der Waals surface area (Å²) >= 11 is 0. The molecular weight excluding hydrogens is 447 g/mol. The number of likely N-dealkylation sites (tertiary alicyclic amines) is 1. The number of benzene rings is 1. The molecule has 6 nitrogen and oxygen atoms in total. The van der Waals surface area contributed by atoms with Crippen molar-refractivity contribution in [3.63, 3.8) is 0 Å². The van der Waals surface area contributed by atoms with E-state index in [9.17, 15) is 27.9 Å². The summed E-state index contributed by atoms with van der Waals surface area (Å²) in [7, 11) is 1.95. The Labute approximate surface area is 198 Å². The standard InChI is InChI=1S/C25H30F3N3O3.H2/c1-23(2,34)16-17-4-6-18(7-5-17)22(33)30-12-10-24(11-13-30)20-9-8-19(21(32)25(26,27)28)31(20)15-14-29(24)3;/h4-9,34H,10-16H2,1-3H3;1H. The van der Waals surface area contributed by atoms with Crippen LogP contribution >= 0.6 is 0 Å². The van der Waals surface area contributed by atoms with E-state index in [0.717, 1.165) is 5.56 Å². The van der Waals surface area contributed by atoms with E-state index in [1.54, 1.807) is 36.9 Å². The molecule has 4 rings (SSSR count). The lowest BCUT2D eigenvalue weighted by molar-refractivity contribution is -0.0892. The number of carbonyl (C=O) groups excluding carboxylic acids is 2. The minimum atomic E-state index is -4.91. The smallest absolute Gasteiger partial charge is 0.390 e. The maximum absolute atomic E-state index is 13.1. The van der Waals surface area contributed by atoms with Gasteiger partial charge in [-0.15, -0.1) is 0 Å². The van der Waals surface area contributed by atoms with Crippen molar-refractivity contribution in [1.29, 1.82) is 0 Å². The molecule has 0 aliphatic carbocycles. The molecular formula is C25H32F3N3O3. The molecule has 2 aliphatic heterocycles. The topological polar surface area (TPSA) is 65.8 Å². The van der Waals surface area contributed by atoms with Crippen LogP contribution in [0.5, 0.6) is 0 Å². The van der Waals surface area contributed by atoms with Crippen molar-refractivity contribution in [2.45, 2.75) is 57.0 Å². The van der Waals surface area contributed by atoms with Gasteiger partial charge in [-0.05, 0) is 63.6 Å². The largest absolute Gasteiger partial charge is 0.456 e. The molecule has 186 valence electrons. The first-order chi connectivity index (χ1) is 15.8. The number of hydrogen-bond acceptors (Lipinski definition) is 4. The highest BCUT2D eigenvalue weighted by atomic mass is 19.4. The third kappa shape index (κ3) is 4.51. The highest BCUT2D eigenvalue weighted by molar-refractivity contribution is 5.99. The lowest BCUT2D eigenvalue weighted by Crippen LogP contribution is -2.56. The van der Waals surface area contributed by atoms with E-state index in [0.29, 0.717) is 56.7 Å². The molecule has 0 radical (unpaired) electrons. The number of halogens is 3. The molecule has 1 saturated heterocycles. The monoisotopic (exact) mass is 479 g/mol. The number of fused-ring (bicyclic) bond motifs is 2. The Morgan fingerprint density at radius 2 is 1.62 bits per heavy atom. The van der Waals surface area contributed by atoms with Crippen molar-refractivity contribution in [3.05, 3.63) is 58.9 Å². The maximum Gasteiger partial charge on any atom is 0.456 e. The minimum absolute atomic E-state index is 0. The van der Waals surface area contributed by atoms with Crippen LogP contribution in [0.3, 0.4) is 0 Å². The van der Waals surface area contributed by atoms with Gasteiger partial charge in [0, 0.05) is 45.3 Å². The Hall–Kier alpha value is -2.65. The first-order valence-electron chi connectivity index (χ1n) is 11.5. The highest BCUT2D eigenvalue weighted by Crippen LogP contribution is 2.42. The summed E-state index contributed by atoms with van der Waals surface area (Å²) in [5.74, 6) is -1.91. The predicted octanol–water partition coefficient (Wildman–Crippen LogP) is 3.87. The summed E-state index contributed by atoms with van der Waals surface area (Å²) in [6.07, 6.45) is -3.30. The predicted molar refractivity (Wildman–Crippen MR) is 123 cm³/mol. The Kier molecular flexibility index (Phi) is 6.14. The Morgan fingerprint density at radius 3 is 2.18 bits per heavy atom. The van der Waals surface area contributed by atoms with E-state index < -0.39 is 23.1 Å². The van der Waals surface area contributed by atoms with Gasteiger partial charge in [0.05, 0.1) is 16.8 Å². The van der Waals surface area contributed by atoms with Gasteiger partial charge in [0.1, 0.15) is 0 Å². The van der Waals surface area contributed by atoms with Gasteiger partial charge in [0.2, 0.25) is 0 Å². The van der Waals surface area contributed by atoms with Crippen LogP contribution in [-0.2, 0) is 18.5 Å². The van der Waals surface area contributed by atoms with E-state index in [-0.39, 0.29) is 13.0 Å². The van der Waals surface area contributed by atoms with Crippen molar-refractivity contribution >= 4 is 11.7 Å². The fraction of sp³-hybridized carbons (Fsp3) is 0.520. The zero-order valence-electron chi connectivity index (χ0n) is 19.7. The van der Waals surface area contributed by atoms with Crippen molar-refractivity contribution in [3.8, 4) is 0 Å². The van der Waals surface area contributed by atoms with Crippen LogP contribution in [0.25, 0.3) is 0 Å². The lowest BCUT2D eigenvalue weighted by Gasteiger charge is -2.50. The molecule has 3 heterocycles. The Balaban J connectivity index is 0.00000342. The van der Waals surface area contributed by atoms with E-state index >= 15 is 0 Å². The number of carbonyl (C=O) groups is 2. The second-order valence-electron chi connectivity index (χ2n) is 10.0. The lowest BCUT2D eigenvalue weighted by atomic mass is 9.81. The number of amides is 1. The van der Waals surface area contributed by atoms with Crippen molar-refractivity contribution in [2.75, 3.05) is 26.7 Å². The first kappa shape index (κ1) is 24.5. The van der Waals surface area contributed by atoms with Gasteiger partial charge in [-0.3, -0.25) is 14.5 Å². The molecule has 2 aliphatic rings. The summed E-state index contributed by atoms with van der Waals surface area (Å²) in [4.78, 5) is 28.9. The molecule has 1 aromatic carbocycles. The molecule has 1 fully saturated rings. The number of alkyl halides is 3. The van der Waals surface area contributed by atoms with E-state index in [4.69, 9.17) is 0 Å². The maximum atomic E-state index is 13.1. The van der Waals surface area contributed by atoms with Gasteiger partial charge in [0.25, 0.3) is 11.7 Å². The van der Waals surface area contributed by atoms with Crippen molar-refractivity contribution < 1.29 is 29.3 Å². The molecule has 0 atom stereocenters. The molecule has 9 heteroatoms. The molecule has 1 N–H and O–H groups in total. The second-order valence-corrected chi connectivity index (χ2v) is 10.0. The average Bonchev–Trinajstić information content (AvgIpc) is 3.19. The molecule has 0 bridgehead atoms. The number of likely N-dealkylation sites (N-methyl/N-ethyl adjacent to an activating group) is 1. The van der Waals surface area contributed by atoms with Crippen LogP contribution in [-0.4, -0.2) is 69.6 Å². The van der Waals surface area contributed by atoms with E-state index in [1.165, 1.54) is 10.6 Å². The Morgan fingerprint density at radius 1 is 1.00 bits per heavy atom. The quantitative estimate of drug-likeness (QED) is 0.677. The van der Waals surface area contributed by atoms with E-state index in [2.05, 4.69) is 4.90 Å². The molecule has 0 saturated carbocycles. The van der Waals surface area contributed by atoms with Gasteiger partial charge in [-0.25, -0.2) is 0 Å². The number of nitrogens with zero attached hydrogens (tertiary/aromatic N) is 3. The normalized spacial score (nSPS) is 18.7. The van der Waals surface area contributed by atoms with Crippen molar-refractivity contribution in [2.24, 2.45) is 0 Å². The number of rotatable bonds is 4. The fourth-order valence-corrected chi connectivity index (χ4v) is 5.28. The van der Waals surface area contributed by atoms with Gasteiger partial charge < -0.3 is 14.6 Å². The Bertz CT molecular complexity index is 1080. The summed E-state index contributed by atoms with van der Waals surface area (Å²) < 4.78 is 40.7. The third-order valence-electron chi connectivity index (χ3n) is 7.05. The molecule has 1 aromatic heterocycles. The van der Waals surface area contributed by atoms with Crippen molar-refractivity contribution in [1.82, 2.24) is 14.4 Å². The fourth-order valence-electron chi connectivity index (χ4n) is 5.28. The van der Waals surface area contributed by atoms with Gasteiger partial charge in [-0.1, -0.05) is 12.1 Å². The zero-order valence-corrected chi connectivity index (χ0v) is 19.7. The van der Waals surface area contributed by atoms with Crippen LogP contribution in [0.2, 0.25) is 0 Å². The summed E-state index contributed by atoms with van der Waals surface area (Å²) in [5.41, 5.74) is 0.539. The number of hydrogen-bond donors (Lipinski definition) is 1. The van der Waals surface area contributed by atoms with Gasteiger partial charge in [0.15, 0.2) is 0 Å². The van der Waals surface area contributed by atoms with Gasteiger partial charge >= 0.3 is 6.18 Å². The molecule has 34 heavy (non-hydrogen) atoms. The first-order valence-corrected chi connectivity index (χ1v) is 11.5. The number of aromatic nitrogens is 1. The molecule has 0 unspecified atom stereocenters. The molecule has 1 amide bonds. The summed E-state index contributed by atoms with van der Waals surface area (Å²) in [5, 5.41) is 9.98.